The lowest BCUT2D eigenvalue weighted by Crippen LogP contribution is -2.12. The number of fused-ring (bicyclic) bond motifs is 1. The Morgan fingerprint density at radius 3 is 2.81 bits per heavy atom. The van der Waals surface area contributed by atoms with Crippen molar-refractivity contribution in [2.45, 2.75) is 9.24 Å². The van der Waals surface area contributed by atoms with Gasteiger partial charge in [0.15, 0.2) is 10.2 Å². The fourth-order valence-electron chi connectivity index (χ4n) is 1.79. The number of hydrogen-bond donors (Lipinski definition) is 2. The summed E-state index contributed by atoms with van der Waals surface area (Å²) >= 11 is 6.75. The van der Waals surface area contributed by atoms with Crippen molar-refractivity contribution in [2.75, 3.05) is 0 Å². The van der Waals surface area contributed by atoms with Crippen molar-refractivity contribution in [1.29, 1.82) is 0 Å². The average Bonchev–Trinajstić information content (AvgIpc) is 2.90. The van der Waals surface area contributed by atoms with Crippen LogP contribution < -0.4 is 5.73 Å². The molecule has 0 fully saturated rings. The van der Waals surface area contributed by atoms with E-state index in [1.54, 1.807) is 23.1 Å². The van der Waals surface area contributed by atoms with E-state index in [9.17, 15) is 0 Å². The lowest BCUT2D eigenvalue weighted by Gasteiger charge is -2.04. The zero-order chi connectivity index (χ0) is 14.8. The lowest BCUT2D eigenvalue weighted by molar-refractivity contribution is 0.318. The number of halogens is 1. The minimum Gasteiger partial charge on any atom is -0.409 e. The number of benzene rings is 2. The number of nitrogens with two attached hydrogens (primary N) is 1. The molecule has 106 valence electrons. The quantitative estimate of drug-likeness (QED) is 0.308. The first kappa shape index (κ1) is 14.4. The molecule has 1 aromatic heterocycles. The number of oxime groups is 1. The standard InChI is InChI=1S/C14H10BrN3OS2/c15-9-7-8(13(16)18-19)5-6-11(9)20-14-17-10-3-1-2-4-12(10)21-14/h1-7,19H,(H2,16,18). The summed E-state index contributed by atoms with van der Waals surface area (Å²) in [6.07, 6.45) is 0. The van der Waals surface area contributed by atoms with Gasteiger partial charge in [-0.3, -0.25) is 0 Å². The van der Waals surface area contributed by atoms with E-state index in [4.69, 9.17) is 10.9 Å². The Morgan fingerprint density at radius 2 is 2.10 bits per heavy atom. The third-order valence-electron chi connectivity index (χ3n) is 2.81. The van der Waals surface area contributed by atoms with Gasteiger partial charge in [-0.25, -0.2) is 4.98 Å². The molecule has 0 spiro atoms. The summed E-state index contributed by atoms with van der Waals surface area (Å²) < 4.78 is 3.04. The van der Waals surface area contributed by atoms with Crippen molar-refractivity contribution in [3.05, 3.63) is 52.5 Å². The molecule has 0 amide bonds. The molecule has 0 aliphatic rings. The summed E-state index contributed by atoms with van der Waals surface area (Å²) in [6.45, 7) is 0. The monoisotopic (exact) mass is 379 g/mol. The van der Waals surface area contributed by atoms with Crippen LogP contribution >= 0.6 is 39.0 Å². The Morgan fingerprint density at radius 1 is 1.29 bits per heavy atom. The van der Waals surface area contributed by atoms with Gasteiger partial charge in [0, 0.05) is 14.9 Å². The number of thiazole rings is 1. The van der Waals surface area contributed by atoms with Gasteiger partial charge in [-0.05, 0) is 46.3 Å². The summed E-state index contributed by atoms with van der Waals surface area (Å²) in [5.74, 6) is 0.0900. The first-order chi connectivity index (χ1) is 10.2. The highest BCUT2D eigenvalue weighted by atomic mass is 79.9. The van der Waals surface area contributed by atoms with Gasteiger partial charge in [-0.15, -0.1) is 11.3 Å². The minimum atomic E-state index is 0.0900. The molecular formula is C14H10BrN3OS2. The topological polar surface area (TPSA) is 71.5 Å². The number of hydrogen-bond acceptors (Lipinski definition) is 5. The Labute approximate surface area is 137 Å². The smallest absolute Gasteiger partial charge is 0.170 e. The largest absolute Gasteiger partial charge is 0.409 e. The molecule has 0 unspecified atom stereocenters. The average molecular weight is 380 g/mol. The zero-order valence-corrected chi connectivity index (χ0v) is 13.9. The number of nitrogens with zero attached hydrogens (tertiary/aromatic N) is 2. The third-order valence-corrected chi connectivity index (χ3v) is 5.90. The van der Waals surface area contributed by atoms with Crippen LogP contribution in [0.25, 0.3) is 10.2 Å². The van der Waals surface area contributed by atoms with Gasteiger partial charge in [0.1, 0.15) is 0 Å². The molecular weight excluding hydrogens is 370 g/mol. The van der Waals surface area contributed by atoms with Crippen molar-refractivity contribution in [1.82, 2.24) is 4.98 Å². The molecule has 21 heavy (non-hydrogen) atoms. The number of para-hydroxylation sites is 1. The second-order valence-electron chi connectivity index (χ2n) is 4.18. The fraction of sp³-hybridized carbons (Fsp3) is 0. The maximum absolute atomic E-state index is 8.70. The molecule has 0 atom stereocenters. The normalized spacial score (nSPS) is 12.0. The second kappa shape index (κ2) is 6.05. The number of amidine groups is 1. The van der Waals surface area contributed by atoms with E-state index in [0.29, 0.717) is 5.56 Å². The molecule has 3 aromatic rings. The van der Waals surface area contributed by atoms with Crippen LogP contribution in [0.1, 0.15) is 5.56 Å². The van der Waals surface area contributed by atoms with Crippen molar-refractivity contribution >= 4 is 55.1 Å². The van der Waals surface area contributed by atoms with Crippen molar-refractivity contribution < 1.29 is 5.21 Å². The van der Waals surface area contributed by atoms with E-state index < -0.39 is 0 Å². The first-order valence-electron chi connectivity index (χ1n) is 5.98. The first-order valence-corrected chi connectivity index (χ1v) is 8.41. The summed E-state index contributed by atoms with van der Waals surface area (Å²) in [7, 11) is 0. The van der Waals surface area contributed by atoms with E-state index in [1.165, 1.54) is 4.70 Å². The third kappa shape index (κ3) is 3.04. The summed E-state index contributed by atoms with van der Waals surface area (Å²) in [4.78, 5) is 5.63. The molecule has 4 nitrogen and oxygen atoms in total. The molecule has 0 saturated carbocycles. The molecule has 7 heteroatoms. The maximum Gasteiger partial charge on any atom is 0.170 e. The molecule has 1 heterocycles. The van der Waals surface area contributed by atoms with Gasteiger partial charge in [-0.1, -0.05) is 29.1 Å². The van der Waals surface area contributed by atoms with E-state index in [-0.39, 0.29) is 5.84 Å². The SMILES string of the molecule is N/C(=N/O)c1ccc(Sc2nc3ccccc3s2)c(Br)c1. The molecule has 2 aromatic carbocycles. The zero-order valence-electron chi connectivity index (χ0n) is 10.7. The highest BCUT2D eigenvalue weighted by Gasteiger charge is 2.09. The Balaban J connectivity index is 1.91. The van der Waals surface area contributed by atoms with E-state index in [1.807, 2.05) is 36.4 Å². The highest BCUT2D eigenvalue weighted by molar-refractivity contribution is 9.10. The van der Waals surface area contributed by atoms with Crippen LogP contribution in [0, 0.1) is 0 Å². The number of aromatic nitrogens is 1. The van der Waals surface area contributed by atoms with Crippen molar-refractivity contribution in [3.8, 4) is 0 Å². The molecule has 3 rings (SSSR count). The van der Waals surface area contributed by atoms with Gasteiger partial charge in [-0.2, -0.15) is 0 Å². The van der Waals surface area contributed by atoms with Gasteiger partial charge in [0.25, 0.3) is 0 Å². The highest BCUT2D eigenvalue weighted by Crippen LogP contribution is 2.37. The van der Waals surface area contributed by atoms with Crippen LogP contribution in [0.4, 0.5) is 0 Å². The van der Waals surface area contributed by atoms with Crippen LogP contribution in [0.15, 0.2) is 61.3 Å². The van der Waals surface area contributed by atoms with Crippen LogP contribution in [0.2, 0.25) is 0 Å². The number of rotatable bonds is 3. The van der Waals surface area contributed by atoms with E-state index in [0.717, 1.165) is 19.2 Å². The van der Waals surface area contributed by atoms with Crippen molar-refractivity contribution in [3.63, 3.8) is 0 Å². The summed E-state index contributed by atoms with van der Waals surface area (Å²) in [6, 6.07) is 13.6. The lowest BCUT2D eigenvalue weighted by atomic mass is 10.2. The summed E-state index contributed by atoms with van der Waals surface area (Å²) in [5, 5.41) is 11.7. The fourth-order valence-corrected chi connectivity index (χ4v) is 4.44. The Bertz CT molecular complexity index is 799. The van der Waals surface area contributed by atoms with Gasteiger partial charge in [0.05, 0.1) is 10.2 Å². The van der Waals surface area contributed by atoms with Crippen LogP contribution in [-0.4, -0.2) is 16.0 Å². The minimum absolute atomic E-state index is 0.0900. The Kier molecular flexibility index (Phi) is 4.14. The second-order valence-corrected chi connectivity index (χ2v) is 7.35. The van der Waals surface area contributed by atoms with Gasteiger partial charge >= 0.3 is 0 Å². The molecule has 0 bridgehead atoms. The summed E-state index contributed by atoms with van der Waals surface area (Å²) in [5.41, 5.74) is 7.25. The van der Waals surface area contributed by atoms with Crippen LogP contribution in [0.3, 0.4) is 0 Å². The van der Waals surface area contributed by atoms with Crippen LogP contribution in [0.5, 0.6) is 0 Å². The molecule has 0 aliphatic carbocycles. The molecule has 0 radical (unpaired) electrons. The van der Waals surface area contributed by atoms with Gasteiger partial charge in [0.2, 0.25) is 0 Å². The maximum atomic E-state index is 8.70. The molecule has 0 aliphatic heterocycles. The Hall–Kier alpha value is -1.57. The predicted octanol–water partition coefficient (Wildman–Crippen LogP) is 4.30. The predicted molar refractivity (Wildman–Crippen MR) is 90.4 cm³/mol. The van der Waals surface area contributed by atoms with Crippen molar-refractivity contribution in [2.24, 2.45) is 10.9 Å². The molecule has 3 N–H and O–H groups in total. The molecule has 0 saturated heterocycles. The van der Waals surface area contributed by atoms with Gasteiger partial charge < -0.3 is 10.9 Å². The van der Waals surface area contributed by atoms with E-state index >= 15 is 0 Å². The van der Waals surface area contributed by atoms with Crippen LogP contribution in [-0.2, 0) is 0 Å². The van der Waals surface area contributed by atoms with E-state index in [2.05, 4.69) is 32.1 Å².